The molecule has 4 aromatic rings. The highest BCUT2D eigenvalue weighted by molar-refractivity contribution is 5.98. The van der Waals surface area contributed by atoms with Crippen LogP contribution in [0, 0.1) is 0 Å². The van der Waals surface area contributed by atoms with Gasteiger partial charge in [0.2, 0.25) is 0 Å². The predicted octanol–water partition coefficient (Wildman–Crippen LogP) is 7.57. The molecule has 1 amide bonds. The maximum absolute atomic E-state index is 14.4. The van der Waals surface area contributed by atoms with Crippen molar-refractivity contribution in [3.05, 3.63) is 131 Å². The van der Waals surface area contributed by atoms with Crippen molar-refractivity contribution in [1.82, 2.24) is 9.80 Å². The minimum atomic E-state index is -0.0696. The molecule has 0 atom stereocenters. The molecule has 2 aliphatic heterocycles. The van der Waals surface area contributed by atoms with Gasteiger partial charge >= 0.3 is 0 Å². The lowest BCUT2D eigenvalue weighted by atomic mass is 10.0. The summed E-state index contributed by atoms with van der Waals surface area (Å²) in [6.07, 6.45) is 2.67. The molecule has 2 heterocycles. The van der Waals surface area contributed by atoms with Gasteiger partial charge < -0.3 is 23.8 Å². The third-order valence-electron chi connectivity index (χ3n) is 8.96. The molecule has 1 fully saturated rings. The first kappa shape index (κ1) is 33.3. The third-order valence-corrected chi connectivity index (χ3v) is 8.96. The van der Waals surface area contributed by atoms with E-state index in [0.717, 1.165) is 85.7 Å². The van der Waals surface area contributed by atoms with E-state index >= 15 is 0 Å². The number of carbonyl (C=O) groups is 1. The zero-order valence-corrected chi connectivity index (χ0v) is 28.0. The molecular formula is C41H46N2O5. The summed E-state index contributed by atoms with van der Waals surface area (Å²) in [7, 11) is 0. The van der Waals surface area contributed by atoms with Crippen molar-refractivity contribution in [2.24, 2.45) is 0 Å². The lowest BCUT2D eigenvalue weighted by Gasteiger charge is -2.26. The molecule has 0 spiro atoms. The van der Waals surface area contributed by atoms with Crippen LogP contribution >= 0.6 is 0 Å². The summed E-state index contributed by atoms with van der Waals surface area (Å²) >= 11 is 0. The van der Waals surface area contributed by atoms with Crippen LogP contribution in [0.2, 0.25) is 0 Å². The van der Waals surface area contributed by atoms with Crippen molar-refractivity contribution in [3.63, 3.8) is 0 Å². The second-order valence-corrected chi connectivity index (χ2v) is 12.6. The fraction of sp³-hybridized carbons (Fsp3) is 0.341. The Labute approximate surface area is 284 Å². The molecular weight excluding hydrogens is 600 g/mol. The first-order valence-electron chi connectivity index (χ1n) is 17.1. The van der Waals surface area contributed by atoms with E-state index in [-0.39, 0.29) is 5.91 Å². The van der Waals surface area contributed by atoms with E-state index in [2.05, 4.69) is 23.6 Å². The summed E-state index contributed by atoms with van der Waals surface area (Å²) in [5, 5.41) is 0. The Kier molecular flexibility index (Phi) is 11.4. The summed E-state index contributed by atoms with van der Waals surface area (Å²) in [6.45, 7) is 13.3. The Hall–Kier alpha value is -4.59. The highest BCUT2D eigenvalue weighted by Crippen LogP contribution is 2.36. The third kappa shape index (κ3) is 8.65. The van der Waals surface area contributed by atoms with Gasteiger partial charge in [0.15, 0.2) is 0 Å². The standard InChI is InChI=1S/C41H46N2O5/c1-31(2)36-26-37(40(48-30-33-14-7-4-8-15-33)27-39(36)47-29-32-12-5-3-6-13-32)41(44)43-20-10-17-35-34(28-43)16-9-18-38(35)46-23-11-19-42-21-24-45-25-22-42/h3-9,12-16,18,26-27H,1,10-11,17,19-25,28-30H2,2H3. The van der Waals surface area contributed by atoms with E-state index in [0.29, 0.717) is 50.0 Å². The molecule has 7 heteroatoms. The highest BCUT2D eigenvalue weighted by atomic mass is 16.5. The van der Waals surface area contributed by atoms with Crippen molar-refractivity contribution in [2.75, 3.05) is 46.0 Å². The summed E-state index contributed by atoms with van der Waals surface area (Å²) < 4.78 is 24.5. The lowest BCUT2D eigenvalue weighted by molar-refractivity contribution is 0.0358. The normalized spacial score (nSPS) is 14.9. The van der Waals surface area contributed by atoms with Crippen molar-refractivity contribution in [2.45, 2.75) is 45.9 Å². The van der Waals surface area contributed by atoms with Crippen LogP contribution in [-0.4, -0.2) is 61.7 Å². The number of nitrogens with zero attached hydrogens (tertiary/aromatic N) is 2. The quantitative estimate of drug-likeness (QED) is 0.140. The fourth-order valence-corrected chi connectivity index (χ4v) is 6.32. The van der Waals surface area contributed by atoms with Crippen molar-refractivity contribution < 1.29 is 23.7 Å². The second-order valence-electron chi connectivity index (χ2n) is 12.6. The Morgan fingerprint density at radius 1 is 0.771 bits per heavy atom. The smallest absolute Gasteiger partial charge is 0.257 e. The van der Waals surface area contributed by atoms with E-state index < -0.39 is 0 Å². The number of ether oxygens (including phenoxy) is 4. The SMILES string of the molecule is C=C(C)c1cc(C(=O)N2CCCc3c(cccc3OCCCN3CCOCC3)C2)c(OCc2ccccc2)cc1OCc1ccccc1. The number of hydrogen-bond donors (Lipinski definition) is 0. The number of carbonyl (C=O) groups excluding carboxylic acids is 1. The van der Waals surface area contributed by atoms with Crippen LogP contribution in [0.3, 0.4) is 0 Å². The zero-order chi connectivity index (χ0) is 33.1. The van der Waals surface area contributed by atoms with Gasteiger partial charge in [-0.3, -0.25) is 9.69 Å². The molecule has 6 rings (SSSR count). The largest absolute Gasteiger partial charge is 0.493 e. The van der Waals surface area contributed by atoms with Crippen LogP contribution in [0.5, 0.6) is 17.2 Å². The number of amides is 1. The first-order chi connectivity index (χ1) is 23.5. The summed E-state index contributed by atoms with van der Waals surface area (Å²) in [5.74, 6) is 2.00. The first-order valence-corrected chi connectivity index (χ1v) is 17.1. The monoisotopic (exact) mass is 646 g/mol. The maximum atomic E-state index is 14.4. The number of fused-ring (bicyclic) bond motifs is 1. The van der Waals surface area contributed by atoms with Gasteiger partial charge in [-0.05, 0) is 66.1 Å². The molecule has 0 N–H and O–H groups in total. The zero-order valence-electron chi connectivity index (χ0n) is 28.0. The number of benzene rings is 4. The second kappa shape index (κ2) is 16.5. The van der Waals surface area contributed by atoms with Gasteiger partial charge in [-0.25, -0.2) is 0 Å². The van der Waals surface area contributed by atoms with Gasteiger partial charge in [-0.2, -0.15) is 0 Å². The summed E-state index contributed by atoms with van der Waals surface area (Å²) in [6, 6.07) is 30.0. The van der Waals surface area contributed by atoms with Crippen molar-refractivity contribution >= 4 is 11.5 Å². The Balaban J connectivity index is 1.22. The van der Waals surface area contributed by atoms with Crippen LogP contribution < -0.4 is 14.2 Å². The number of morpholine rings is 1. The molecule has 48 heavy (non-hydrogen) atoms. The molecule has 0 aliphatic carbocycles. The van der Waals surface area contributed by atoms with E-state index in [9.17, 15) is 4.79 Å². The molecule has 2 aliphatic rings. The minimum absolute atomic E-state index is 0.0696. The minimum Gasteiger partial charge on any atom is -0.493 e. The molecule has 4 aromatic carbocycles. The van der Waals surface area contributed by atoms with Gasteiger partial charge in [-0.1, -0.05) is 79.4 Å². The van der Waals surface area contributed by atoms with E-state index in [1.54, 1.807) is 0 Å². The van der Waals surface area contributed by atoms with E-state index in [1.165, 1.54) is 5.56 Å². The Bertz CT molecular complexity index is 1670. The van der Waals surface area contributed by atoms with Crippen LogP contribution in [-0.2, 0) is 30.9 Å². The van der Waals surface area contributed by atoms with Crippen LogP contribution in [0.1, 0.15) is 57.9 Å². The van der Waals surface area contributed by atoms with Crippen molar-refractivity contribution in [1.29, 1.82) is 0 Å². The number of allylic oxidation sites excluding steroid dienone is 1. The number of hydrogen-bond acceptors (Lipinski definition) is 6. The van der Waals surface area contributed by atoms with Gasteiger partial charge in [0.1, 0.15) is 30.5 Å². The molecule has 1 saturated heterocycles. The summed E-state index contributed by atoms with van der Waals surface area (Å²) in [4.78, 5) is 18.8. The average molecular weight is 647 g/mol. The Morgan fingerprint density at radius 3 is 2.10 bits per heavy atom. The van der Waals surface area contributed by atoms with Crippen molar-refractivity contribution in [3.8, 4) is 17.2 Å². The van der Waals surface area contributed by atoms with Crippen LogP contribution in [0.25, 0.3) is 5.57 Å². The van der Waals surface area contributed by atoms with Gasteiger partial charge in [0.05, 0.1) is 25.4 Å². The van der Waals surface area contributed by atoms with Crippen LogP contribution in [0.4, 0.5) is 0 Å². The van der Waals surface area contributed by atoms with Crippen LogP contribution in [0.15, 0.2) is 97.6 Å². The van der Waals surface area contributed by atoms with Gasteiger partial charge in [0, 0.05) is 44.4 Å². The molecule has 0 aromatic heterocycles. The summed E-state index contributed by atoms with van der Waals surface area (Å²) in [5.41, 5.74) is 6.53. The lowest BCUT2D eigenvalue weighted by Crippen LogP contribution is -2.37. The average Bonchev–Trinajstić information content (AvgIpc) is 3.36. The molecule has 7 nitrogen and oxygen atoms in total. The maximum Gasteiger partial charge on any atom is 0.257 e. The predicted molar refractivity (Wildman–Crippen MR) is 190 cm³/mol. The highest BCUT2D eigenvalue weighted by Gasteiger charge is 2.26. The molecule has 250 valence electrons. The topological polar surface area (TPSA) is 60.5 Å². The van der Waals surface area contributed by atoms with Gasteiger partial charge in [0.25, 0.3) is 5.91 Å². The molecule has 0 bridgehead atoms. The number of rotatable bonds is 13. The molecule has 0 unspecified atom stereocenters. The fourth-order valence-electron chi connectivity index (χ4n) is 6.32. The molecule has 0 saturated carbocycles. The molecule has 0 radical (unpaired) electrons. The van der Waals surface area contributed by atoms with E-state index in [4.69, 9.17) is 18.9 Å². The van der Waals surface area contributed by atoms with Gasteiger partial charge in [-0.15, -0.1) is 0 Å². The Morgan fingerprint density at radius 2 is 1.44 bits per heavy atom. The van der Waals surface area contributed by atoms with E-state index in [1.807, 2.05) is 90.7 Å².